The van der Waals surface area contributed by atoms with Crippen molar-refractivity contribution >= 4 is 36.6 Å². The molecule has 1 atom stereocenters. The number of nitrogens with one attached hydrogen (secondary N) is 1. The van der Waals surface area contributed by atoms with E-state index in [1.54, 1.807) is 11.8 Å². The second-order valence-electron chi connectivity index (χ2n) is 5.17. The third kappa shape index (κ3) is 5.80. The Kier molecular flexibility index (Phi) is 9.14. The number of rotatable bonds is 5. The highest BCUT2D eigenvalue weighted by Crippen LogP contribution is 2.19. The summed E-state index contributed by atoms with van der Waals surface area (Å²) in [7, 11) is 2.07. The fraction of sp³-hybridized carbons (Fsp3) is 0.571. The molecule has 1 unspecified atom stereocenters. The number of hydrogen-bond donors (Lipinski definition) is 2. The number of hydrogen-bond acceptors (Lipinski definition) is 4. The Balaban J connectivity index is 0.00000180. The van der Waals surface area contributed by atoms with Gasteiger partial charge in [-0.15, -0.1) is 36.6 Å². The highest BCUT2D eigenvalue weighted by molar-refractivity contribution is 7.98. The lowest BCUT2D eigenvalue weighted by atomic mass is 10.0. The van der Waals surface area contributed by atoms with Crippen molar-refractivity contribution in [3.8, 4) is 0 Å². The minimum Gasteiger partial charge on any atom is -0.387 e. The molecule has 3 nitrogen and oxygen atoms in total. The molecule has 20 heavy (non-hydrogen) atoms. The molecule has 0 amide bonds. The van der Waals surface area contributed by atoms with Crippen molar-refractivity contribution < 1.29 is 5.11 Å². The minimum absolute atomic E-state index is 0. The number of aliphatic hydroxyl groups is 1. The van der Waals surface area contributed by atoms with E-state index >= 15 is 0 Å². The normalized spacial score (nSPS) is 21.4. The first-order chi connectivity index (χ1) is 8.61. The molecule has 1 fully saturated rings. The zero-order valence-corrected chi connectivity index (χ0v) is 14.4. The molecule has 0 bridgehead atoms. The Morgan fingerprint density at radius 3 is 2.75 bits per heavy atom. The summed E-state index contributed by atoms with van der Waals surface area (Å²) in [5.41, 5.74) is 0.755. The lowest BCUT2D eigenvalue weighted by Crippen LogP contribution is -2.42. The van der Waals surface area contributed by atoms with Crippen molar-refractivity contribution in [2.24, 2.45) is 0 Å². The maximum atomic E-state index is 10.3. The summed E-state index contributed by atoms with van der Waals surface area (Å²) in [5, 5.41) is 13.6. The van der Waals surface area contributed by atoms with Crippen LogP contribution in [0.25, 0.3) is 0 Å². The molecule has 1 aromatic carbocycles. The Hall–Kier alpha value is 0.0300. The summed E-state index contributed by atoms with van der Waals surface area (Å²) in [4.78, 5) is 3.49. The number of nitrogens with zero attached hydrogens (tertiary/aromatic N) is 1. The number of benzene rings is 1. The van der Waals surface area contributed by atoms with E-state index in [0.717, 1.165) is 26.1 Å². The molecule has 1 aromatic rings. The van der Waals surface area contributed by atoms with Crippen LogP contribution in [0.4, 0.5) is 0 Å². The summed E-state index contributed by atoms with van der Waals surface area (Å²) >= 11 is 1.76. The van der Waals surface area contributed by atoms with Crippen molar-refractivity contribution in [3.63, 3.8) is 0 Å². The van der Waals surface area contributed by atoms with Gasteiger partial charge >= 0.3 is 0 Å². The van der Waals surface area contributed by atoms with Crippen LogP contribution in [-0.2, 0) is 6.54 Å². The van der Waals surface area contributed by atoms with Crippen LogP contribution in [-0.4, -0.2) is 48.5 Å². The standard InChI is InChI=1S/C14H22N2OS.2ClH/c1-16(11-14(17)6-7-15-10-14)9-12-4-3-5-13(8-12)18-2;;/h3-5,8,15,17H,6-7,9-11H2,1-2H3;2*1H. The average molecular weight is 339 g/mol. The maximum absolute atomic E-state index is 10.3. The molecule has 1 aliphatic heterocycles. The van der Waals surface area contributed by atoms with E-state index in [1.165, 1.54) is 10.5 Å². The van der Waals surface area contributed by atoms with Gasteiger partial charge in [-0.2, -0.15) is 0 Å². The van der Waals surface area contributed by atoms with Crippen LogP contribution in [0, 0.1) is 0 Å². The molecule has 2 rings (SSSR count). The van der Waals surface area contributed by atoms with Gasteiger partial charge in [0.05, 0.1) is 5.60 Å². The summed E-state index contributed by atoms with van der Waals surface area (Å²) < 4.78 is 0. The quantitative estimate of drug-likeness (QED) is 0.808. The van der Waals surface area contributed by atoms with Crippen LogP contribution in [0.15, 0.2) is 29.2 Å². The number of thioether (sulfide) groups is 1. The predicted octanol–water partition coefficient (Wildman–Crippen LogP) is 2.41. The lowest BCUT2D eigenvalue weighted by Gasteiger charge is -2.28. The fourth-order valence-corrected chi connectivity index (χ4v) is 2.99. The van der Waals surface area contributed by atoms with Crippen LogP contribution in [0.1, 0.15) is 12.0 Å². The van der Waals surface area contributed by atoms with Gasteiger partial charge in [-0.25, -0.2) is 0 Å². The average Bonchev–Trinajstić information content (AvgIpc) is 2.75. The third-order valence-electron chi connectivity index (χ3n) is 3.37. The molecule has 0 aliphatic carbocycles. The van der Waals surface area contributed by atoms with Crippen LogP contribution in [0.3, 0.4) is 0 Å². The molecule has 1 saturated heterocycles. The van der Waals surface area contributed by atoms with E-state index in [0.29, 0.717) is 6.54 Å². The lowest BCUT2D eigenvalue weighted by molar-refractivity contribution is 0.0264. The van der Waals surface area contributed by atoms with Gasteiger partial charge in [0.15, 0.2) is 0 Å². The molecular formula is C14H24Cl2N2OS. The van der Waals surface area contributed by atoms with E-state index in [-0.39, 0.29) is 24.8 Å². The van der Waals surface area contributed by atoms with Crippen molar-refractivity contribution in [2.45, 2.75) is 23.5 Å². The van der Waals surface area contributed by atoms with Crippen LogP contribution >= 0.6 is 36.6 Å². The molecule has 0 aromatic heterocycles. The molecule has 0 spiro atoms. The first kappa shape index (κ1) is 20.0. The summed E-state index contributed by atoms with van der Waals surface area (Å²) in [6.07, 6.45) is 2.94. The van der Waals surface area contributed by atoms with Gasteiger partial charge in [-0.05, 0) is 44.0 Å². The first-order valence-corrected chi connectivity index (χ1v) is 7.58. The molecular weight excluding hydrogens is 315 g/mol. The SMILES string of the molecule is CSc1cccc(CN(C)CC2(O)CCNC2)c1.Cl.Cl. The number of halogens is 2. The second kappa shape index (κ2) is 9.13. The molecule has 0 saturated carbocycles. The zero-order chi connectivity index (χ0) is 13.0. The Morgan fingerprint density at radius 1 is 1.40 bits per heavy atom. The highest BCUT2D eigenvalue weighted by Gasteiger charge is 2.31. The van der Waals surface area contributed by atoms with Gasteiger partial charge in [0, 0.05) is 24.5 Å². The van der Waals surface area contributed by atoms with Gasteiger partial charge in [0.25, 0.3) is 0 Å². The van der Waals surface area contributed by atoms with E-state index in [4.69, 9.17) is 0 Å². The summed E-state index contributed by atoms with van der Waals surface area (Å²) in [6, 6.07) is 8.59. The van der Waals surface area contributed by atoms with E-state index in [1.807, 2.05) is 0 Å². The molecule has 116 valence electrons. The highest BCUT2D eigenvalue weighted by atomic mass is 35.5. The second-order valence-corrected chi connectivity index (χ2v) is 6.05. The van der Waals surface area contributed by atoms with E-state index < -0.39 is 5.60 Å². The smallest absolute Gasteiger partial charge is 0.0909 e. The molecule has 1 aliphatic rings. The van der Waals surface area contributed by atoms with Gasteiger partial charge in [-0.1, -0.05) is 12.1 Å². The maximum Gasteiger partial charge on any atom is 0.0909 e. The molecule has 6 heteroatoms. The van der Waals surface area contributed by atoms with Crippen molar-refractivity contribution in [2.75, 3.05) is 32.9 Å². The van der Waals surface area contributed by atoms with Gasteiger partial charge < -0.3 is 10.4 Å². The zero-order valence-electron chi connectivity index (χ0n) is 12.0. The molecule has 0 radical (unpaired) electrons. The third-order valence-corrected chi connectivity index (χ3v) is 4.10. The number of likely N-dealkylation sites (N-methyl/N-ethyl adjacent to an activating group) is 1. The van der Waals surface area contributed by atoms with Crippen LogP contribution < -0.4 is 5.32 Å². The van der Waals surface area contributed by atoms with Gasteiger partial charge in [0.1, 0.15) is 0 Å². The minimum atomic E-state index is -0.550. The van der Waals surface area contributed by atoms with Gasteiger partial charge in [0.2, 0.25) is 0 Å². The predicted molar refractivity (Wildman–Crippen MR) is 91.5 cm³/mol. The van der Waals surface area contributed by atoms with Crippen molar-refractivity contribution in [3.05, 3.63) is 29.8 Å². The first-order valence-electron chi connectivity index (χ1n) is 6.36. The molecule has 1 heterocycles. The van der Waals surface area contributed by atoms with Crippen LogP contribution in [0.5, 0.6) is 0 Å². The Bertz CT molecular complexity index is 401. The van der Waals surface area contributed by atoms with E-state index in [9.17, 15) is 5.11 Å². The van der Waals surface area contributed by atoms with Crippen LogP contribution in [0.2, 0.25) is 0 Å². The number of β-amino-alcohol motifs (C(OH)–C–C–N with tert-alkyl or cyclic N) is 1. The topological polar surface area (TPSA) is 35.5 Å². The summed E-state index contributed by atoms with van der Waals surface area (Å²) in [5.74, 6) is 0. The Morgan fingerprint density at radius 2 is 2.15 bits per heavy atom. The molecule has 2 N–H and O–H groups in total. The van der Waals surface area contributed by atoms with Crippen molar-refractivity contribution in [1.29, 1.82) is 0 Å². The van der Waals surface area contributed by atoms with Gasteiger partial charge in [-0.3, -0.25) is 4.90 Å². The van der Waals surface area contributed by atoms with Crippen molar-refractivity contribution in [1.82, 2.24) is 10.2 Å². The monoisotopic (exact) mass is 338 g/mol. The largest absolute Gasteiger partial charge is 0.387 e. The Labute approximate surface area is 138 Å². The van der Waals surface area contributed by atoms with E-state index in [2.05, 4.69) is 47.8 Å². The summed E-state index contributed by atoms with van der Waals surface area (Å²) in [6.45, 7) is 3.24. The fourth-order valence-electron chi connectivity index (χ4n) is 2.51.